The minimum Gasteiger partial charge on any atom is -0.390 e. The van der Waals surface area contributed by atoms with Crippen molar-refractivity contribution in [1.82, 2.24) is 20.2 Å². The molecule has 130 valence electrons. The number of thiophene rings is 1. The number of nitrogens with zero attached hydrogens (tertiary/aromatic N) is 5. The summed E-state index contributed by atoms with van der Waals surface area (Å²) in [5, 5.41) is 23.8. The molecule has 0 radical (unpaired) electrons. The third-order valence-corrected chi connectivity index (χ3v) is 5.32. The number of carbonyl (C=O) groups excluding carboxylic acids is 1. The highest BCUT2D eigenvalue weighted by molar-refractivity contribution is 7.10. The van der Waals surface area contributed by atoms with Gasteiger partial charge in [0.1, 0.15) is 0 Å². The maximum absolute atomic E-state index is 12.9. The Morgan fingerprint density at radius 3 is 2.65 bits per heavy atom. The van der Waals surface area contributed by atoms with Gasteiger partial charge in [0.05, 0.1) is 10.2 Å². The molecule has 26 heavy (non-hydrogen) atoms. The Hall–Kier alpha value is -3.20. The molecular formula is C17H13N5O3S. The van der Waals surface area contributed by atoms with E-state index in [-0.39, 0.29) is 11.7 Å². The molecule has 9 heteroatoms. The third-order valence-electron chi connectivity index (χ3n) is 4.31. The first-order chi connectivity index (χ1) is 12.6. The second-order valence-electron chi connectivity index (χ2n) is 5.88. The van der Waals surface area contributed by atoms with Crippen LogP contribution in [0.25, 0.3) is 5.57 Å². The fourth-order valence-corrected chi connectivity index (χ4v) is 4.02. The molecule has 0 N–H and O–H groups in total. The van der Waals surface area contributed by atoms with E-state index in [1.54, 1.807) is 6.08 Å². The largest absolute Gasteiger partial charge is 0.514 e. The molecule has 0 saturated carbocycles. The van der Waals surface area contributed by atoms with Gasteiger partial charge in [-0.1, -0.05) is 41.2 Å². The number of aromatic nitrogens is 4. The lowest BCUT2D eigenvalue weighted by Gasteiger charge is -2.27. The minimum atomic E-state index is -0.748. The molecular weight excluding hydrogens is 354 g/mol. The number of allylic oxidation sites excluding steroid dienone is 2. The van der Waals surface area contributed by atoms with E-state index < -0.39 is 16.9 Å². The highest BCUT2D eigenvalue weighted by Crippen LogP contribution is 2.43. The van der Waals surface area contributed by atoms with E-state index in [1.165, 1.54) is 11.3 Å². The van der Waals surface area contributed by atoms with Crippen molar-refractivity contribution in [3.63, 3.8) is 0 Å². The first-order valence-electron chi connectivity index (χ1n) is 7.90. The standard InChI is InChI=1S/C17H13N5O3S/c23-14-10-12(11-5-2-1-3-6-11)9-13(15-7-4-8-26-15)16(14)21-19-17(18-20-21)22(24)25/h1-8,10,13,16H,9H2. The zero-order valence-electron chi connectivity index (χ0n) is 13.4. The number of hydrogen-bond donors (Lipinski definition) is 0. The Bertz CT molecular complexity index is 981. The second-order valence-corrected chi connectivity index (χ2v) is 6.86. The maximum Gasteiger partial charge on any atom is 0.514 e. The number of nitro groups is 1. The first kappa shape index (κ1) is 16.3. The van der Waals surface area contributed by atoms with Crippen molar-refractivity contribution in [3.05, 3.63) is 74.5 Å². The normalized spacial score (nSPS) is 20.0. The van der Waals surface area contributed by atoms with Crippen LogP contribution in [0.3, 0.4) is 0 Å². The Morgan fingerprint density at radius 2 is 2.00 bits per heavy atom. The van der Waals surface area contributed by atoms with E-state index in [1.807, 2.05) is 47.8 Å². The van der Waals surface area contributed by atoms with Crippen LogP contribution in [0.15, 0.2) is 53.9 Å². The lowest BCUT2D eigenvalue weighted by Crippen LogP contribution is -2.30. The average Bonchev–Trinajstić information content (AvgIpc) is 3.34. The van der Waals surface area contributed by atoms with E-state index in [9.17, 15) is 14.9 Å². The van der Waals surface area contributed by atoms with E-state index in [0.29, 0.717) is 6.42 Å². The lowest BCUT2D eigenvalue weighted by atomic mass is 9.80. The van der Waals surface area contributed by atoms with Crippen LogP contribution in [0.5, 0.6) is 0 Å². The molecule has 3 aromatic rings. The van der Waals surface area contributed by atoms with Crippen LogP contribution in [-0.4, -0.2) is 30.9 Å². The first-order valence-corrected chi connectivity index (χ1v) is 8.78. The SMILES string of the molecule is O=C1C=C(c2ccccc2)CC(c2cccs2)C1n1nnc([N+](=O)[O-])n1. The van der Waals surface area contributed by atoms with Crippen molar-refractivity contribution in [2.24, 2.45) is 0 Å². The molecule has 0 bridgehead atoms. The van der Waals surface area contributed by atoms with Crippen molar-refractivity contribution in [1.29, 1.82) is 0 Å². The molecule has 2 atom stereocenters. The van der Waals surface area contributed by atoms with E-state index in [4.69, 9.17) is 0 Å². The summed E-state index contributed by atoms with van der Waals surface area (Å²) in [5.74, 6) is -1.02. The van der Waals surface area contributed by atoms with Crippen LogP contribution in [0.4, 0.5) is 5.95 Å². The third kappa shape index (κ3) is 2.93. The lowest BCUT2D eigenvalue weighted by molar-refractivity contribution is -0.394. The van der Waals surface area contributed by atoms with Gasteiger partial charge in [-0.25, -0.2) is 0 Å². The number of hydrogen-bond acceptors (Lipinski definition) is 7. The van der Waals surface area contributed by atoms with Crippen LogP contribution in [0.2, 0.25) is 0 Å². The van der Waals surface area contributed by atoms with Gasteiger partial charge in [-0.3, -0.25) is 4.79 Å². The van der Waals surface area contributed by atoms with Crippen molar-refractivity contribution in [2.45, 2.75) is 18.4 Å². The summed E-state index contributed by atoms with van der Waals surface area (Å²) in [6, 6.07) is 12.8. The predicted octanol–water partition coefficient (Wildman–Crippen LogP) is 3.02. The van der Waals surface area contributed by atoms with Crippen LogP contribution in [-0.2, 0) is 4.79 Å². The summed E-state index contributed by atoms with van der Waals surface area (Å²) in [6.07, 6.45) is 2.19. The molecule has 2 unspecified atom stereocenters. The van der Waals surface area contributed by atoms with Crippen molar-refractivity contribution in [3.8, 4) is 0 Å². The van der Waals surface area contributed by atoms with Crippen LogP contribution < -0.4 is 0 Å². The van der Waals surface area contributed by atoms with Gasteiger partial charge in [-0.15, -0.1) is 11.3 Å². The number of ketones is 1. The van der Waals surface area contributed by atoms with Gasteiger partial charge in [0.15, 0.2) is 11.8 Å². The van der Waals surface area contributed by atoms with E-state index >= 15 is 0 Å². The van der Waals surface area contributed by atoms with Gasteiger partial charge in [0.25, 0.3) is 0 Å². The number of benzene rings is 1. The van der Waals surface area contributed by atoms with Crippen molar-refractivity contribution < 1.29 is 9.72 Å². The van der Waals surface area contributed by atoms with Crippen molar-refractivity contribution >= 4 is 28.6 Å². The molecule has 2 aromatic heterocycles. The molecule has 0 spiro atoms. The Balaban J connectivity index is 1.77. The number of tetrazole rings is 1. The smallest absolute Gasteiger partial charge is 0.390 e. The molecule has 1 aliphatic carbocycles. The fraction of sp³-hybridized carbons (Fsp3) is 0.176. The second kappa shape index (κ2) is 6.60. The highest BCUT2D eigenvalue weighted by atomic mass is 32.1. The van der Waals surface area contributed by atoms with Crippen molar-refractivity contribution in [2.75, 3.05) is 0 Å². The van der Waals surface area contributed by atoms with E-state index in [2.05, 4.69) is 15.4 Å². The van der Waals surface area contributed by atoms with Crippen LogP contribution >= 0.6 is 11.3 Å². The average molecular weight is 367 g/mol. The Morgan fingerprint density at radius 1 is 1.19 bits per heavy atom. The van der Waals surface area contributed by atoms with Gasteiger partial charge >= 0.3 is 5.95 Å². The van der Waals surface area contributed by atoms with E-state index in [0.717, 1.165) is 20.8 Å². The molecule has 0 fully saturated rings. The fourth-order valence-electron chi connectivity index (χ4n) is 3.16. The highest BCUT2D eigenvalue weighted by Gasteiger charge is 2.39. The Labute approximate surface area is 151 Å². The topological polar surface area (TPSA) is 104 Å². The molecule has 4 rings (SSSR count). The maximum atomic E-state index is 12.9. The summed E-state index contributed by atoms with van der Waals surface area (Å²) in [6.45, 7) is 0. The summed E-state index contributed by atoms with van der Waals surface area (Å²) in [4.78, 5) is 25.1. The van der Waals surface area contributed by atoms with Gasteiger partial charge in [-0.2, -0.15) is 0 Å². The monoisotopic (exact) mass is 367 g/mol. The predicted molar refractivity (Wildman–Crippen MR) is 94.6 cm³/mol. The Kier molecular flexibility index (Phi) is 4.13. The summed E-state index contributed by atoms with van der Waals surface area (Å²) in [5.41, 5.74) is 1.92. The van der Waals surface area contributed by atoms with Gasteiger partial charge < -0.3 is 10.1 Å². The molecule has 8 nitrogen and oxygen atoms in total. The minimum absolute atomic E-state index is 0.194. The molecule has 0 aliphatic heterocycles. The van der Waals surface area contributed by atoms with Crippen LogP contribution in [0, 0.1) is 10.1 Å². The molecule has 1 aliphatic rings. The zero-order valence-corrected chi connectivity index (χ0v) is 14.2. The number of rotatable bonds is 4. The quantitative estimate of drug-likeness (QED) is 0.518. The molecule has 0 amide bonds. The van der Waals surface area contributed by atoms with Gasteiger partial charge in [0, 0.05) is 16.0 Å². The molecule has 1 aromatic carbocycles. The summed E-state index contributed by atoms with van der Waals surface area (Å²) >= 11 is 1.54. The summed E-state index contributed by atoms with van der Waals surface area (Å²) in [7, 11) is 0. The molecule has 2 heterocycles. The molecule has 0 saturated heterocycles. The number of carbonyl (C=O) groups is 1. The van der Waals surface area contributed by atoms with Gasteiger partial charge in [-0.05, 0) is 40.0 Å². The van der Waals surface area contributed by atoms with Gasteiger partial charge in [0.2, 0.25) is 0 Å². The van der Waals surface area contributed by atoms with Crippen LogP contribution in [0.1, 0.15) is 28.8 Å². The zero-order chi connectivity index (χ0) is 18.1. The summed E-state index contributed by atoms with van der Waals surface area (Å²) < 4.78 is 0.